The highest BCUT2D eigenvalue weighted by atomic mass is 31.2. The third-order valence-electron chi connectivity index (χ3n) is 4.81. The van der Waals surface area contributed by atoms with Crippen molar-refractivity contribution in [2.75, 3.05) is 7.05 Å². The molecule has 3 aromatic rings. The standard InChI is InChI=1S/C23H27NP/c1-23(2,3)25(21-16-10-6-11-17-21,22-18-12-7-13-19-22)24(4)20-14-8-5-9-15-20/h5-19H,1-4H3/q+1. The van der Waals surface area contributed by atoms with E-state index in [2.05, 4.69) is 123 Å². The van der Waals surface area contributed by atoms with Crippen LogP contribution in [0.1, 0.15) is 20.8 Å². The van der Waals surface area contributed by atoms with E-state index in [1.165, 1.54) is 16.3 Å². The van der Waals surface area contributed by atoms with Gasteiger partial charge in [-0.3, -0.25) is 0 Å². The van der Waals surface area contributed by atoms with Crippen LogP contribution in [-0.4, -0.2) is 16.5 Å². The van der Waals surface area contributed by atoms with Crippen LogP contribution >= 0.6 is 7.05 Å². The topological polar surface area (TPSA) is 3.01 Å². The Balaban J connectivity index is 2.52. The molecule has 1 nitrogen and oxygen atoms in total. The Morgan fingerprint density at radius 3 is 1.32 bits per heavy atom. The SMILES string of the molecule is C[N+](c1ccccc1)=P(c1ccccc1)(c1ccccc1)C(C)(C)C. The molecule has 0 spiro atoms. The number of rotatable bonds is 3. The molecule has 0 N–H and O–H groups in total. The van der Waals surface area contributed by atoms with Gasteiger partial charge in [0.1, 0.15) is 7.05 Å². The van der Waals surface area contributed by atoms with Crippen LogP contribution in [0.2, 0.25) is 0 Å². The third-order valence-corrected chi connectivity index (χ3v) is 9.97. The van der Waals surface area contributed by atoms with Gasteiger partial charge in [-0.25, -0.2) is 4.33 Å². The van der Waals surface area contributed by atoms with Crippen molar-refractivity contribution in [3.05, 3.63) is 91.0 Å². The summed E-state index contributed by atoms with van der Waals surface area (Å²) in [5.74, 6) is 0. The summed E-state index contributed by atoms with van der Waals surface area (Å²) in [6.45, 7) is 7.13. The van der Waals surface area contributed by atoms with Crippen LogP contribution in [0.5, 0.6) is 0 Å². The summed E-state index contributed by atoms with van der Waals surface area (Å²) in [5, 5.41) is 2.92. The Morgan fingerprint density at radius 2 is 0.960 bits per heavy atom. The van der Waals surface area contributed by atoms with Crippen molar-refractivity contribution in [3.63, 3.8) is 0 Å². The molecule has 0 aliphatic rings. The molecular weight excluding hydrogens is 321 g/mol. The van der Waals surface area contributed by atoms with E-state index in [1.54, 1.807) is 0 Å². The van der Waals surface area contributed by atoms with Gasteiger partial charge in [0.05, 0.1) is 0 Å². The smallest absolute Gasteiger partial charge is 0.200 e. The Hall–Kier alpha value is -2.11. The summed E-state index contributed by atoms with van der Waals surface area (Å²) in [6.07, 6.45) is 0. The van der Waals surface area contributed by atoms with Crippen LogP contribution in [0.3, 0.4) is 0 Å². The van der Waals surface area contributed by atoms with Crippen LogP contribution in [0.15, 0.2) is 91.0 Å². The molecule has 0 amide bonds. The van der Waals surface area contributed by atoms with Gasteiger partial charge in [-0.1, -0.05) is 75.4 Å². The lowest BCUT2D eigenvalue weighted by atomic mass is 10.2. The minimum atomic E-state index is -1.86. The van der Waals surface area contributed by atoms with Gasteiger partial charge in [0, 0.05) is 27.9 Å². The summed E-state index contributed by atoms with van der Waals surface area (Å²) in [7, 11) is 0.394. The van der Waals surface area contributed by atoms with E-state index in [0.29, 0.717) is 0 Å². The zero-order valence-corrected chi connectivity index (χ0v) is 16.4. The second-order valence-electron chi connectivity index (χ2n) is 7.34. The van der Waals surface area contributed by atoms with E-state index >= 15 is 0 Å². The molecule has 0 unspecified atom stereocenters. The van der Waals surface area contributed by atoms with Gasteiger partial charge in [-0.05, 0) is 24.3 Å². The van der Waals surface area contributed by atoms with Gasteiger partial charge < -0.3 is 0 Å². The van der Waals surface area contributed by atoms with E-state index in [0.717, 1.165) is 0 Å². The van der Waals surface area contributed by atoms with E-state index in [4.69, 9.17) is 0 Å². The molecule has 0 aliphatic heterocycles. The fourth-order valence-electron chi connectivity index (χ4n) is 3.82. The highest BCUT2D eigenvalue weighted by Gasteiger charge is 2.45. The van der Waals surface area contributed by atoms with Crippen molar-refractivity contribution in [2.45, 2.75) is 25.9 Å². The summed E-state index contributed by atoms with van der Waals surface area (Å²) in [5.41, 5.74) is 1.26. The van der Waals surface area contributed by atoms with E-state index in [9.17, 15) is 0 Å². The van der Waals surface area contributed by atoms with Crippen molar-refractivity contribution in [2.24, 2.45) is 0 Å². The lowest BCUT2D eigenvalue weighted by Crippen LogP contribution is -2.35. The first kappa shape index (κ1) is 17.7. The van der Waals surface area contributed by atoms with Crippen LogP contribution < -0.4 is 10.6 Å². The lowest BCUT2D eigenvalue weighted by Gasteiger charge is -2.35. The molecular formula is C23H27NP+. The normalized spacial score (nSPS) is 12.0. The maximum atomic E-state index is 2.54. The first-order valence-electron chi connectivity index (χ1n) is 8.77. The molecule has 128 valence electrons. The number of hydrogen-bond acceptors (Lipinski definition) is 0. The molecule has 3 aromatic carbocycles. The molecule has 0 heterocycles. The third kappa shape index (κ3) is 3.10. The zero-order chi connectivity index (χ0) is 17.9. The summed E-state index contributed by atoms with van der Waals surface area (Å²) in [6, 6.07) is 32.8. The van der Waals surface area contributed by atoms with Crippen LogP contribution in [0.4, 0.5) is 5.69 Å². The minimum Gasteiger partial charge on any atom is -0.218 e. The molecule has 0 atom stereocenters. The summed E-state index contributed by atoms with van der Waals surface area (Å²) >= 11 is 0. The Morgan fingerprint density at radius 1 is 0.600 bits per heavy atom. The van der Waals surface area contributed by atoms with E-state index in [-0.39, 0.29) is 5.16 Å². The van der Waals surface area contributed by atoms with Crippen LogP contribution in [0.25, 0.3) is 0 Å². The van der Waals surface area contributed by atoms with E-state index < -0.39 is 7.05 Å². The maximum Gasteiger partial charge on any atom is 0.200 e. The fourth-order valence-corrected chi connectivity index (χ4v) is 8.95. The monoisotopic (exact) mass is 348 g/mol. The number of nitrogens with zero attached hydrogens (tertiary/aromatic N) is 1. The van der Waals surface area contributed by atoms with Gasteiger partial charge in [0.2, 0.25) is 5.69 Å². The van der Waals surface area contributed by atoms with Crippen molar-refractivity contribution in [1.82, 2.24) is 0 Å². The largest absolute Gasteiger partial charge is 0.218 e. The fraction of sp³-hybridized carbons (Fsp3) is 0.217. The number of benzene rings is 3. The molecule has 0 bridgehead atoms. The van der Waals surface area contributed by atoms with Crippen molar-refractivity contribution < 1.29 is 4.33 Å². The van der Waals surface area contributed by atoms with Crippen molar-refractivity contribution >= 4 is 23.4 Å². The predicted molar refractivity (Wildman–Crippen MR) is 111 cm³/mol. The average Bonchev–Trinajstić information content (AvgIpc) is 2.63. The first-order chi connectivity index (χ1) is 12.0. The molecule has 25 heavy (non-hydrogen) atoms. The average molecular weight is 348 g/mol. The Bertz CT molecular complexity index is 832. The number of para-hydroxylation sites is 1. The molecule has 0 aliphatic carbocycles. The zero-order valence-electron chi connectivity index (χ0n) is 15.6. The van der Waals surface area contributed by atoms with Crippen molar-refractivity contribution in [1.29, 1.82) is 0 Å². The van der Waals surface area contributed by atoms with Gasteiger partial charge in [0.15, 0.2) is 7.05 Å². The maximum absolute atomic E-state index is 2.54. The van der Waals surface area contributed by atoms with Gasteiger partial charge >= 0.3 is 0 Å². The van der Waals surface area contributed by atoms with Crippen molar-refractivity contribution in [3.8, 4) is 0 Å². The predicted octanol–water partition coefficient (Wildman–Crippen LogP) is 5.61. The molecule has 3 rings (SSSR count). The quantitative estimate of drug-likeness (QED) is 0.541. The van der Waals surface area contributed by atoms with Gasteiger partial charge in [-0.2, -0.15) is 0 Å². The second kappa shape index (κ2) is 7.02. The molecule has 0 aromatic heterocycles. The van der Waals surface area contributed by atoms with E-state index in [1.807, 2.05) is 0 Å². The van der Waals surface area contributed by atoms with Crippen LogP contribution in [0, 0.1) is 0 Å². The number of hydrogen-bond donors (Lipinski definition) is 0. The molecule has 0 fully saturated rings. The lowest BCUT2D eigenvalue weighted by molar-refractivity contribution is -0.383. The highest BCUT2D eigenvalue weighted by Crippen LogP contribution is 2.59. The van der Waals surface area contributed by atoms with Gasteiger partial charge in [0.25, 0.3) is 0 Å². The van der Waals surface area contributed by atoms with Crippen LogP contribution in [-0.2, 0) is 0 Å². The molecule has 0 radical (unpaired) electrons. The van der Waals surface area contributed by atoms with Gasteiger partial charge in [-0.15, -0.1) is 0 Å². The molecule has 0 saturated carbocycles. The summed E-state index contributed by atoms with van der Waals surface area (Å²) < 4.78 is 2.54. The second-order valence-corrected chi connectivity index (χ2v) is 11.6. The Kier molecular flexibility index (Phi) is 4.97. The highest BCUT2D eigenvalue weighted by molar-refractivity contribution is 7.80. The molecule has 2 heteroatoms. The molecule has 0 saturated heterocycles. The Labute approximate surface area is 152 Å². The summed E-state index contributed by atoms with van der Waals surface area (Å²) in [4.78, 5) is 0. The first-order valence-corrected chi connectivity index (χ1v) is 10.5. The minimum absolute atomic E-state index is 0.0836.